The lowest BCUT2D eigenvalue weighted by Gasteiger charge is -2.32. The van der Waals surface area contributed by atoms with Crippen LogP contribution in [0, 0.1) is 6.92 Å². The highest BCUT2D eigenvalue weighted by Gasteiger charge is 2.22. The lowest BCUT2D eigenvalue weighted by Crippen LogP contribution is -2.44. The molecule has 1 N–H and O–H groups in total. The van der Waals surface area contributed by atoms with Crippen LogP contribution in [0.3, 0.4) is 0 Å². The second-order valence-electron chi connectivity index (χ2n) is 7.52. The van der Waals surface area contributed by atoms with Gasteiger partial charge in [-0.05, 0) is 50.2 Å². The standard InChI is InChI=1S/C21H27N5OS/c1-3-8-25-9-6-16(7-10-25)24-21(27)18-12-15(2)23-20-19(18)13-22-26(20)14-17-5-4-11-28-17/h4-5,11-13,16H,3,6-10,14H2,1-2H3,(H,24,27). The van der Waals surface area contributed by atoms with Gasteiger partial charge in [0.1, 0.15) is 0 Å². The van der Waals surface area contributed by atoms with E-state index in [9.17, 15) is 4.79 Å². The van der Waals surface area contributed by atoms with E-state index in [1.54, 1.807) is 17.5 Å². The third kappa shape index (κ3) is 4.10. The van der Waals surface area contributed by atoms with Gasteiger partial charge in [0.05, 0.1) is 23.7 Å². The van der Waals surface area contributed by atoms with Crippen molar-refractivity contribution in [3.05, 3.63) is 45.9 Å². The highest BCUT2D eigenvalue weighted by Crippen LogP contribution is 2.21. The molecule has 1 aliphatic heterocycles. The number of rotatable bonds is 6. The molecule has 0 atom stereocenters. The highest BCUT2D eigenvalue weighted by molar-refractivity contribution is 7.09. The Bertz CT molecular complexity index is 941. The van der Waals surface area contributed by atoms with Crippen LogP contribution in [0.15, 0.2) is 29.8 Å². The Balaban J connectivity index is 1.52. The van der Waals surface area contributed by atoms with Crippen LogP contribution in [0.25, 0.3) is 11.0 Å². The monoisotopic (exact) mass is 397 g/mol. The molecule has 3 aromatic rings. The minimum Gasteiger partial charge on any atom is -0.349 e. The Morgan fingerprint density at radius 3 is 2.89 bits per heavy atom. The number of fused-ring (bicyclic) bond motifs is 1. The quantitative estimate of drug-likeness (QED) is 0.692. The molecule has 0 unspecified atom stereocenters. The molecule has 1 saturated heterocycles. The van der Waals surface area contributed by atoms with E-state index < -0.39 is 0 Å². The lowest BCUT2D eigenvalue weighted by molar-refractivity contribution is 0.0912. The zero-order valence-corrected chi connectivity index (χ0v) is 17.3. The van der Waals surface area contributed by atoms with Gasteiger partial charge in [-0.1, -0.05) is 13.0 Å². The van der Waals surface area contributed by atoms with Gasteiger partial charge in [0.15, 0.2) is 5.65 Å². The number of carbonyl (C=O) groups is 1. The van der Waals surface area contributed by atoms with Gasteiger partial charge < -0.3 is 10.2 Å². The molecule has 6 nitrogen and oxygen atoms in total. The summed E-state index contributed by atoms with van der Waals surface area (Å²) in [5.41, 5.74) is 2.29. The number of amides is 1. The average Bonchev–Trinajstić information content (AvgIpc) is 3.34. The largest absolute Gasteiger partial charge is 0.349 e. The molecule has 28 heavy (non-hydrogen) atoms. The van der Waals surface area contributed by atoms with Crippen LogP contribution in [0.5, 0.6) is 0 Å². The number of aromatic nitrogens is 3. The smallest absolute Gasteiger partial charge is 0.252 e. The van der Waals surface area contributed by atoms with Gasteiger partial charge >= 0.3 is 0 Å². The first-order chi connectivity index (χ1) is 13.6. The van der Waals surface area contributed by atoms with E-state index in [-0.39, 0.29) is 11.9 Å². The number of hydrogen-bond donors (Lipinski definition) is 1. The molecule has 4 heterocycles. The molecule has 7 heteroatoms. The van der Waals surface area contributed by atoms with Crippen LogP contribution in [0.4, 0.5) is 0 Å². The molecule has 1 fully saturated rings. The number of pyridine rings is 1. The molecular weight excluding hydrogens is 370 g/mol. The topological polar surface area (TPSA) is 63.1 Å². The zero-order chi connectivity index (χ0) is 19.5. The second-order valence-corrected chi connectivity index (χ2v) is 8.55. The summed E-state index contributed by atoms with van der Waals surface area (Å²) in [5.74, 6) is -0.0138. The summed E-state index contributed by atoms with van der Waals surface area (Å²) < 4.78 is 1.88. The first kappa shape index (κ1) is 19.1. The fourth-order valence-corrected chi connectivity index (χ4v) is 4.59. The van der Waals surface area contributed by atoms with Crippen molar-refractivity contribution >= 4 is 28.3 Å². The van der Waals surface area contributed by atoms with Gasteiger partial charge in [-0.25, -0.2) is 9.67 Å². The van der Waals surface area contributed by atoms with Crippen LogP contribution >= 0.6 is 11.3 Å². The van der Waals surface area contributed by atoms with Crippen LogP contribution in [-0.4, -0.2) is 51.2 Å². The first-order valence-electron chi connectivity index (χ1n) is 10.0. The summed E-state index contributed by atoms with van der Waals surface area (Å²) in [7, 11) is 0. The second kappa shape index (κ2) is 8.41. The third-order valence-electron chi connectivity index (χ3n) is 5.33. The molecule has 0 aromatic carbocycles. The highest BCUT2D eigenvalue weighted by atomic mass is 32.1. The van der Waals surface area contributed by atoms with Gasteiger partial charge in [0.25, 0.3) is 5.91 Å². The van der Waals surface area contributed by atoms with Crippen LogP contribution in [0.2, 0.25) is 0 Å². The van der Waals surface area contributed by atoms with E-state index in [1.165, 1.54) is 11.3 Å². The molecule has 0 aliphatic carbocycles. The van der Waals surface area contributed by atoms with Crippen molar-refractivity contribution in [1.29, 1.82) is 0 Å². The molecule has 0 radical (unpaired) electrons. The van der Waals surface area contributed by atoms with Gasteiger partial charge in [-0.2, -0.15) is 5.10 Å². The number of nitrogens with zero attached hydrogens (tertiary/aromatic N) is 4. The van der Waals surface area contributed by atoms with Crippen molar-refractivity contribution in [2.24, 2.45) is 0 Å². The minimum absolute atomic E-state index is 0.0138. The number of hydrogen-bond acceptors (Lipinski definition) is 5. The van der Waals surface area contributed by atoms with E-state index in [0.29, 0.717) is 12.1 Å². The van der Waals surface area contributed by atoms with E-state index >= 15 is 0 Å². The minimum atomic E-state index is -0.0138. The number of nitrogens with one attached hydrogen (secondary N) is 1. The first-order valence-corrected chi connectivity index (χ1v) is 10.9. The Labute approximate surface area is 169 Å². The van der Waals surface area contributed by atoms with E-state index in [2.05, 4.69) is 38.7 Å². The van der Waals surface area contributed by atoms with Crippen molar-refractivity contribution < 1.29 is 4.79 Å². The van der Waals surface area contributed by atoms with Crippen molar-refractivity contribution in [2.45, 2.75) is 45.7 Å². The van der Waals surface area contributed by atoms with Crippen molar-refractivity contribution in [3.8, 4) is 0 Å². The molecule has 0 bridgehead atoms. The third-order valence-corrected chi connectivity index (χ3v) is 6.19. The van der Waals surface area contributed by atoms with Gasteiger partial charge in [-0.15, -0.1) is 11.3 Å². The maximum Gasteiger partial charge on any atom is 0.252 e. The Hall–Kier alpha value is -2.25. The Morgan fingerprint density at radius 1 is 1.36 bits per heavy atom. The zero-order valence-electron chi connectivity index (χ0n) is 16.5. The van der Waals surface area contributed by atoms with Crippen molar-refractivity contribution in [3.63, 3.8) is 0 Å². The molecule has 3 aromatic heterocycles. The van der Waals surface area contributed by atoms with Crippen molar-refractivity contribution in [1.82, 2.24) is 25.0 Å². The average molecular weight is 398 g/mol. The van der Waals surface area contributed by atoms with Crippen LogP contribution in [-0.2, 0) is 6.54 Å². The molecule has 1 amide bonds. The van der Waals surface area contributed by atoms with Crippen molar-refractivity contribution in [2.75, 3.05) is 19.6 Å². The lowest BCUT2D eigenvalue weighted by atomic mass is 10.0. The molecule has 0 saturated carbocycles. The predicted molar refractivity (Wildman–Crippen MR) is 113 cm³/mol. The summed E-state index contributed by atoms with van der Waals surface area (Å²) in [4.78, 5) is 21.4. The molecule has 1 aliphatic rings. The van der Waals surface area contributed by atoms with E-state index in [0.717, 1.165) is 49.2 Å². The molecule has 4 rings (SSSR count). The van der Waals surface area contributed by atoms with Crippen LogP contribution in [0.1, 0.15) is 47.1 Å². The molecule has 0 spiro atoms. The maximum absolute atomic E-state index is 13.0. The van der Waals surface area contributed by atoms with E-state index in [4.69, 9.17) is 0 Å². The fraction of sp³-hybridized carbons (Fsp3) is 0.476. The van der Waals surface area contributed by atoms with Gasteiger partial charge in [0.2, 0.25) is 0 Å². The summed E-state index contributed by atoms with van der Waals surface area (Å²) >= 11 is 1.70. The summed E-state index contributed by atoms with van der Waals surface area (Å²) in [5, 5.41) is 10.6. The normalized spacial score (nSPS) is 15.9. The number of likely N-dealkylation sites (tertiary alicyclic amines) is 1. The maximum atomic E-state index is 13.0. The SMILES string of the molecule is CCCN1CCC(NC(=O)c2cc(C)nc3c2cnn3Cc2cccs2)CC1. The number of piperidine rings is 1. The number of aryl methyl sites for hydroxylation is 1. The van der Waals surface area contributed by atoms with Crippen LogP contribution < -0.4 is 5.32 Å². The molecule has 148 valence electrons. The number of carbonyl (C=O) groups excluding carboxylic acids is 1. The predicted octanol–water partition coefficient (Wildman–Crippen LogP) is 3.45. The van der Waals surface area contributed by atoms with Gasteiger partial charge in [-0.3, -0.25) is 4.79 Å². The Morgan fingerprint density at radius 2 is 2.18 bits per heavy atom. The molecular formula is C21H27N5OS. The summed E-state index contributed by atoms with van der Waals surface area (Å²) in [6.45, 7) is 8.08. The fourth-order valence-electron chi connectivity index (χ4n) is 3.91. The van der Waals surface area contributed by atoms with E-state index in [1.807, 2.05) is 23.7 Å². The summed E-state index contributed by atoms with van der Waals surface area (Å²) in [6.07, 6.45) is 4.97. The number of thiophene rings is 1. The summed E-state index contributed by atoms with van der Waals surface area (Å²) in [6, 6.07) is 6.24. The Kier molecular flexibility index (Phi) is 5.73. The van der Waals surface area contributed by atoms with Gasteiger partial charge in [0, 0.05) is 29.7 Å².